The number of hydrogen-bond acceptors (Lipinski definition) is 5. The molecule has 4 aromatic rings. The van der Waals surface area contributed by atoms with E-state index in [0.29, 0.717) is 28.6 Å². The van der Waals surface area contributed by atoms with E-state index in [0.717, 1.165) is 11.1 Å². The van der Waals surface area contributed by atoms with Crippen LogP contribution in [0.1, 0.15) is 45.7 Å². The van der Waals surface area contributed by atoms with Gasteiger partial charge in [-0.25, -0.2) is 4.98 Å². The minimum atomic E-state index is -1.08. The molecule has 2 aromatic carbocycles. The lowest BCUT2D eigenvalue weighted by Crippen LogP contribution is -2.42. The van der Waals surface area contributed by atoms with E-state index in [-0.39, 0.29) is 11.3 Å². The average molecular weight is 444 g/mol. The van der Waals surface area contributed by atoms with Crippen LogP contribution in [0.5, 0.6) is 5.75 Å². The van der Waals surface area contributed by atoms with Crippen LogP contribution in [0.3, 0.4) is 0 Å². The molecule has 33 heavy (non-hydrogen) atoms. The van der Waals surface area contributed by atoms with Crippen molar-refractivity contribution in [3.8, 4) is 17.2 Å². The third-order valence-corrected chi connectivity index (χ3v) is 5.54. The first-order chi connectivity index (χ1) is 15.5. The topological polar surface area (TPSA) is 77.3 Å². The average Bonchev–Trinajstić information content (AvgIpc) is 3.19. The molecule has 0 radical (unpaired) electrons. The van der Waals surface area contributed by atoms with Crippen molar-refractivity contribution in [3.63, 3.8) is 0 Å². The van der Waals surface area contributed by atoms with Crippen LogP contribution in [0.2, 0.25) is 0 Å². The second-order valence-corrected chi connectivity index (χ2v) is 9.71. The van der Waals surface area contributed by atoms with Gasteiger partial charge < -0.3 is 14.5 Å². The molecule has 6 nitrogen and oxygen atoms in total. The Morgan fingerprint density at radius 3 is 2.39 bits per heavy atom. The van der Waals surface area contributed by atoms with Crippen molar-refractivity contribution < 1.29 is 13.9 Å². The van der Waals surface area contributed by atoms with Gasteiger partial charge in [0.25, 0.3) is 5.91 Å². The monoisotopic (exact) mass is 443 g/mol. The molecule has 170 valence electrons. The van der Waals surface area contributed by atoms with Crippen molar-refractivity contribution in [2.75, 3.05) is 5.32 Å². The molecule has 1 N–H and O–H groups in total. The Balaban J connectivity index is 1.52. The number of nitrogens with zero attached hydrogens (tertiary/aromatic N) is 2. The van der Waals surface area contributed by atoms with Crippen molar-refractivity contribution in [3.05, 3.63) is 71.9 Å². The molecule has 0 bridgehead atoms. The molecule has 0 spiro atoms. The Hall–Kier alpha value is -3.67. The number of amides is 1. The number of rotatable bonds is 5. The third kappa shape index (κ3) is 4.90. The molecule has 2 aromatic heterocycles. The van der Waals surface area contributed by atoms with E-state index in [4.69, 9.17) is 9.15 Å². The van der Waals surface area contributed by atoms with Gasteiger partial charge in [-0.3, -0.25) is 4.79 Å². The molecule has 0 aliphatic rings. The lowest BCUT2D eigenvalue weighted by Gasteiger charge is -2.26. The minimum absolute atomic E-state index is 0.0543. The quantitative estimate of drug-likeness (QED) is 0.392. The van der Waals surface area contributed by atoms with Crippen molar-refractivity contribution in [2.45, 2.75) is 52.6 Å². The van der Waals surface area contributed by atoms with Gasteiger partial charge in [-0.1, -0.05) is 39.0 Å². The number of oxazole rings is 1. The Labute approximate surface area is 194 Å². The second-order valence-electron chi connectivity index (χ2n) is 9.71. The van der Waals surface area contributed by atoms with Gasteiger partial charge in [0, 0.05) is 17.4 Å². The number of aryl methyl sites for hydroxylation is 1. The zero-order valence-corrected chi connectivity index (χ0v) is 19.9. The minimum Gasteiger partial charge on any atom is -0.478 e. The number of ether oxygens (including phenoxy) is 1. The Morgan fingerprint density at radius 1 is 1.00 bits per heavy atom. The molecule has 0 saturated carbocycles. The predicted octanol–water partition coefficient (Wildman–Crippen LogP) is 6.29. The predicted molar refractivity (Wildman–Crippen MR) is 130 cm³/mol. The number of carbonyl (C=O) groups excluding carboxylic acids is 1. The number of carbonyl (C=O) groups is 1. The standard InChI is InChI=1S/C27H29N3O3/c1-17-9-10-18(24-30-23-22(32-24)8-7-15-28-23)16-21(17)29-25(31)27(5,6)33-20-13-11-19(12-14-20)26(2,3)4/h7-16H,1-6H3,(H,29,31). The number of pyridine rings is 1. The van der Waals surface area contributed by atoms with Crippen molar-refractivity contribution >= 4 is 22.8 Å². The number of benzene rings is 2. The van der Waals surface area contributed by atoms with Gasteiger partial charge in [0.1, 0.15) is 5.75 Å². The van der Waals surface area contributed by atoms with Crippen LogP contribution in [0, 0.1) is 6.92 Å². The summed E-state index contributed by atoms with van der Waals surface area (Å²) in [6.07, 6.45) is 1.67. The number of aromatic nitrogens is 2. The van der Waals surface area contributed by atoms with Crippen molar-refractivity contribution in [1.29, 1.82) is 0 Å². The lowest BCUT2D eigenvalue weighted by atomic mass is 9.87. The lowest BCUT2D eigenvalue weighted by molar-refractivity contribution is -0.128. The van der Waals surface area contributed by atoms with Gasteiger partial charge in [-0.05, 0) is 73.7 Å². The molecule has 2 heterocycles. The fraction of sp³-hybridized carbons (Fsp3) is 0.296. The Bertz CT molecular complexity index is 1270. The highest BCUT2D eigenvalue weighted by Crippen LogP contribution is 2.29. The summed E-state index contributed by atoms with van der Waals surface area (Å²) in [5.74, 6) is 0.850. The van der Waals surface area contributed by atoms with E-state index in [2.05, 4.69) is 36.1 Å². The largest absolute Gasteiger partial charge is 0.478 e. The fourth-order valence-corrected chi connectivity index (χ4v) is 3.42. The van der Waals surface area contributed by atoms with Gasteiger partial charge in [0.2, 0.25) is 5.89 Å². The molecule has 4 rings (SSSR count). The van der Waals surface area contributed by atoms with Gasteiger partial charge in [0.15, 0.2) is 16.8 Å². The molecule has 0 saturated heterocycles. The smallest absolute Gasteiger partial charge is 0.267 e. The zero-order valence-electron chi connectivity index (χ0n) is 19.9. The van der Waals surface area contributed by atoms with Crippen LogP contribution < -0.4 is 10.1 Å². The van der Waals surface area contributed by atoms with E-state index in [1.807, 2.05) is 55.5 Å². The van der Waals surface area contributed by atoms with Crippen LogP contribution in [0.15, 0.2) is 65.2 Å². The maximum atomic E-state index is 13.1. The molecule has 1 amide bonds. The summed E-state index contributed by atoms with van der Waals surface area (Å²) in [4.78, 5) is 21.8. The normalized spacial score (nSPS) is 12.1. The van der Waals surface area contributed by atoms with Gasteiger partial charge >= 0.3 is 0 Å². The summed E-state index contributed by atoms with van der Waals surface area (Å²) < 4.78 is 11.9. The number of anilines is 1. The van der Waals surface area contributed by atoms with E-state index in [1.165, 1.54) is 5.56 Å². The number of nitrogens with one attached hydrogen (secondary N) is 1. The molecule has 0 aliphatic heterocycles. The van der Waals surface area contributed by atoms with Gasteiger partial charge in [-0.15, -0.1) is 0 Å². The highest BCUT2D eigenvalue weighted by molar-refractivity contribution is 5.98. The zero-order chi connectivity index (χ0) is 23.8. The highest BCUT2D eigenvalue weighted by Gasteiger charge is 2.30. The van der Waals surface area contributed by atoms with E-state index in [9.17, 15) is 4.79 Å². The van der Waals surface area contributed by atoms with Crippen LogP contribution in [-0.4, -0.2) is 21.5 Å². The highest BCUT2D eigenvalue weighted by atomic mass is 16.5. The summed E-state index contributed by atoms with van der Waals surface area (Å²) in [7, 11) is 0. The molecular weight excluding hydrogens is 414 g/mol. The maximum Gasteiger partial charge on any atom is 0.267 e. The third-order valence-electron chi connectivity index (χ3n) is 5.54. The SMILES string of the molecule is Cc1ccc(-c2nc3ncccc3o2)cc1NC(=O)C(C)(C)Oc1ccc(C(C)(C)C)cc1. The molecule has 0 fully saturated rings. The second kappa shape index (κ2) is 8.35. The van der Waals surface area contributed by atoms with Crippen LogP contribution in [0.25, 0.3) is 22.7 Å². The summed E-state index contributed by atoms with van der Waals surface area (Å²) in [6.45, 7) is 11.9. The van der Waals surface area contributed by atoms with Crippen LogP contribution in [-0.2, 0) is 10.2 Å². The summed E-state index contributed by atoms with van der Waals surface area (Å²) in [5, 5.41) is 3.00. The molecule has 0 atom stereocenters. The van der Waals surface area contributed by atoms with Crippen LogP contribution in [0.4, 0.5) is 5.69 Å². The van der Waals surface area contributed by atoms with E-state index >= 15 is 0 Å². The molecule has 0 aliphatic carbocycles. The molecule has 6 heteroatoms. The number of hydrogen-bond donors (Lipinski definition) is 1. The fourth-order valence-electron chi connectivity index (χ4n) is 3.42. The van der Waals surface area contributed by atoms with Gasteiger partial charge in [-0.2, -0.15) is 4.98 Å². The van der Waals surface area contributed by atoms with Crippen molar-refractivity contribution in [2.24, 2.45) is 0 Å². The van der Waals surface area contributed by atoms with E-state index < -0.39 is 5.60 Å². The first-order valence-electron chi connectivity index (χ1n) is 11.0. The van der Waals surface area contributed by atoms with Gasteiger partial charge in [0.05, 0.1) is 0 Å². The number of fused-ring (bicyclic) bond motifs is 1. The van der Waals surface area contributed by atoms with Crippen LogP contribution >= 0.6 is 0 Å². The maximum absolute atomic E-state index is 13.1. The molecule has 0 unspecified atom stereocenters. The molecular formula is C27H29N3O3. The Morgan fingerprint density at radius 2 is 1.73 bits per heavy atom. The first kappa shape index (κ1) is 22.5. The Kier molecular flexibility index (Phi) is 5.70. The summed E-state index contributed by atoms with van der Waals surface area (Å²) in [5.41, 5.74) is 3.70. The van der Waals surface area contributed by atoms with E-state index in [1.54, 1.807) is 26.1 Å². The first-order valence-corrected chi connectivity index (χ1v) is 11.0. The summed E-state index contributed by atoms with van der Waals surface area (Å²) in [6, 6.07) is 17.2. The summed E-state index contributed by atoms with van der Waals surface area (Å²) >= 11 is 0. The van der Waals surface area contributed by atoms with Crippen molar-refractivity contribution in [1.82, 2.24) is 9.97 Å².